The predicted octanol–water partition coefficient (Wildman–Crippen LogP) is 3.13. The van der Waals surface area contributed by atoms with Crippen LogP contribution in [0.25, 0.3) is 11.0 Å². The molecular formula is C17H22N2O2. The normalized spacial score (nSPS) is 18.8. The van der Waals surface area contributed by atoms with Crippen LogP contribution in [0.5, 0.6) is 0 Å². The zero-order valence-corrected chi connectivity index (χ0v) is 12.4. The van der Waals surface area contributed by atoms with Gasteiger partial charge in [0, 0.05) is 11.9 Å². The van der Waals surface area contributed by atoms with E-state index in [-0.39, 0.29) is 17.4 Å². The molecule has 1 heterocycles. The number of rotatable bonds is 4. The second-order valence-corrected chi connectivity index (χ2v) is 6.07. The maximum absolute atomic E-state index is 12.6. The number of fused-ring (bicyclic) bond motifs is 1. The molecule has 1 aromatic heterocycles. The van der Waals surface area contributed by atoms with Crippen LogP contribution in [0.4, 0.5) is 0 Å². The van der Waals surface area contributed by atoms with Crippen molar-refractivity contribution in [2.75, 3.05) is 6.54 Å². The molecule has 0 aliphatic heterocycles. The average molecular weight is 286 g/mol. The average Bonchev–Trinajstić information content (AvgIpc) is 3.14. The lowest BCUT2D eigenvalue weighted by Gasteiger charge is -2.27. The van der Waals surface area contributed by atoms with Gasteiger partial charge in [-0.15, -0.1) is 0 Å². The fraction of sp³-hybridized carbons (Fsp3) is 0.471. The molecular weight excluding hydrogens is 264 g/mol. The fourth-order valence-electron chi connectivity index (χ4n) is 3.21. The Morgan fingerprint density at radius 1 is 1.38 bits per heavy atom. The van der Waals surface area contributed by atoms with E-state index in [1.54, 1.807) is 0 Å². The highest BCUT2D eigenvalue weighted by molar-refractivity contribution is 5.84. The third-order valence-corrected chi connectivity index (χ3v) is 4.65. The van der Waals surface area contributed by atoms with Crippen LogP contribution in [-0.4, -0.2) is 12.5 Å². The molecule has 2 aromatic rings. The Labute approximate surface area is 124 Å². The van der Waals surface area contributed by atoms with E-state index in [0.29, 0.717) is 6.54 Å². The van der Waals surface area contributed by atoms with E-state index >= 15 is 0 Å². The molecule has 1 amide bonds. The lowest BCUT2D eigenvalue weighted by molar-refractivity contribution is -0.131. The van der Waals surface area contributed by atoms with E-state index in [1.165, 1.54) is 0 Å². The van der Waals surface area contributed by atoms with Crippen LogP contribution in [-0.2, 0) is 4.79 Å². The minimum Gasteiger partial charge on any atom is -0.459 e. The van der Waals surface area contributed by atoms with Gasteiger partial charge in [-0.1, -0.05) is 31.0 Å². The Bertz CT molecular complexity index is 608. The number of benzene rings is 1. The first kappa shape index (κ1) is 14.1. The van der Waals surface area contributed by atoms with Crippen molar-refractivity contribution >= 4 is 16.9 Å². The first-order chi connectivity index (χ1) is 10.1. The van der Waals surface area contributed by atoms with Crippen molar-refractivity contribution in [1.82, 2.24) is 5.32 Å². The predicted molar refractivity (Wildman–Crippen MR) is 82.7 cm³/mol. The summed E-state index contributed by atoms with van der Waals surface area (Å²) < 4.78 is 5.81. The van der Waals surface area contributed by atoms with Gasteiger partial charge in [0.15, 0.2) is 0 Å². The number of nitrogens with two attached hydrogens (primary N) is 1. The molecule has 0 saturated heterocycles. The van der Waals surface area contributed by atoms with Gasteiger partial charge in [-0.25, -0.2) is 0 Å². The number of para-hydroxylation sites is 1. The maximum Gasteiger partial charge on any atom is 0.228 e. The molecule has 0 bridgehead atoms. The van der Waals surface area contributed by atoms with Gasteiger partial charge in [0.2, 0.25) is 5.91 Å². The molecule has 1 unspecified atom stereocenters. The third-order valence-electron chi connectivity index (χ3n) is 4.65. The van der Waals surface area contributed by atoms with Crippen LogP contribution >= 0.6 is 0 Å². The van der Waals surface area contributed by atoms with E-state index in [0.717, 1.165) is 42.4 Å². The summed E-state index contributed by atoms with van der Waals surface area (Å²) in [5, 5.41) is 4.14. The van der Waals surface area contributed by atoms with Crippen molar-refractivity contribution < 1.29 is 9.21 Å². The third kappa shape index (κ3) is 2.56. The number of nitrogens with one attached hydrogen (secondary N) is 1. The molecule has 21 heavy (non-hydrogen) atoms. The topological polar surface area (TPSA) is 68.3 Å². The summed E-state index contributed by atoms with van der Waals surface area (Å²) in [5.41, 5.74) is 6.34. The molecule has 0 spiro atoms. The zero-order chi connectivity index (χ0) is 14.9. The number of hydrogen-bond donors (Lipinski definition) is 2. The van der Waals surface area contributed by atoms with Gasteiger partial charge in [-0.2, -0.15) is 0 Å². The molecule has 1 fully saturated rings. The second kappa shape index (κ2) is 5.53. The summed E-state index contributed by atoms with van der Waals surface area (Å²) in [6, 6.07) is 9.72. The Balaban J connectivity index is 1.76. The number of hydrogen-bond acceptors (Lipinski definition) is 3. The second-order valence-electron chi connectivity index (χ2n) is 6.07. The van der Waals surface area contributed by atoms with E-state index in [2.05, 4.69) is 5.32 Å². The molecule has 4 nitrogen and oxygen atoms in total. The minimum atomic E-state index is -0.375. The standard InChI is InChI=1S/C17H22N2O2/c1-12(15-10-13-6-2-3-7-14(13)21-15)19-16(20)17(11-18)8-4-5-9-17/h2-3,6-7,10,12H,4-5,8-9,11,18H2,1H3,(H,19,20). The largest absolute Gasteiger partial charge is 0.459 e. The molecule has 1 atom stereocenters. The van der Waals surface area contributed by atoms with Crippen LogP contribution in [0.2, 0.25) is 0 Å². The van der Waals surface area contributed by atoms with Crippen molar-refractivity contribution in [3.63, 3.8) is 0 Å². The SMILES string of the molecule is CC(NC(=O)C1(CN)CCCC1)c1cc2ccccc2o1. The Hall–Kier alpha value is -1.81. The van der Waals surface area contributed by atoms with Crippen LogP contribution < -0.4 is 11.1 Å². The van der Waals surface area contributed by atoms with Gasteiger partial charge in [0.25, 0.3) is 0 Å². The van der Waals surface area contributed by atoms with E-state index in [4.69, 9.17) is 10.2 Å². The van der Waals surface area contributed by atoms with Gasteiger partial charge in [0.1, 0.15) is 11.3 Å². The number of amides is 1. The number of carbonyl (C=O) groups excluding carboxylic acids is 1. The minimum absolute atomic E-state index is 0.0652. The summed E-state index contributed by atoms with van der Waals surface area (Å²) >= 11 is 0. The molecule has 4 heteroatoms. The Morgan fingerprint density at radius 2 is 2.10 bits per heavy atom. The van der Waals surface area contributed by atoms with Crippen molar-refractivity contribution in [1.29, 1.82) is 0 Å². The van der Waals surface area contributed by atoms with Gasteiger partial charge in [-0.3, -0.25) is 4.79 Å². The van der Waals surface area contributed by atoms with Crippen LogP contribution in [0.1, 0.15) is 44.4 Å². The molecule has 1 aromatic carbocycles. The van der Waals surface area contributed by atoms with E-state index in [1.807, 2.05) is 37.3 Å². The molecule has 0 radical (unpaired) electrons. The fourth-order valence-corrected chi connectivity index (χ4v) is 3.21. The highest BCUT2D eigenvalue weighted by Crippen LogP contribution is 2.38. The van der Waals surface area contributed by atoms with Gasteiger partial charge >= 0.3 is 0 Å². The van der Waals surface area contributed by atoms with Crippen LogP contribution in [0.15, 0.2) is 34.7 Å². The highest BCUT2D eigenvalue weighted by atomic mass is 16.3. The molecule has 3 rings (SSSR count). The van der Waals surface area contributed by atoms with Gasteiger partial charge in [-0.05, 0) is 31.9 Å². The molecule has 1 aliphatic rings. The summed E-state index contributed by atoms with van der Waals surface area (Å²) in [6.45, 7) is 2.38. The van der Waals surface area contributed by atoms with Crippen molar-refractivity contribution in [3.05, 3.63) is 36.1 Å². The smallest absolute Gasteiger partial charge is 0.228 e. The zero-order valence-electron chi connectivity index (χ0n) is 12.4. The quantitative estimate of drug-likeness (QED) is 0.907. The summed E-state index contributed by atoms with van der Waals surface area (Å²) in [5.74, 6) is 0.852. The van der Waals surface area contributed by atoms with Crippen LogP contribution in [0, 0.1) is 5.41 Å². The molecule has 1 saturated carbocycles. The summed E-state index contributed by atoms with van der Waals surface area (Å²) in [6.07, 6.45) is 3.96. The molecule has 112 valence electrons. The summed E-state index contributed by atoms with van der Waals surface area (Å²) in [7, 11) is 0. The monoisotopic (exact) mass is 286 g/mol. The van der Waals surface area contributed by atoms with Crippen molar-refractivity contribution in [3.8, 4) is 0 Å². The Morgan fingerprint density at radius 3 is 2.76 bits per heavy atom. The highest BCUT2D eigenvalue weighted by Gasteiger charge is 2.40. The lowest BCUT2D eigenvalue weighted by atomic mass is 9.85. The van der Waals surface area contributed by atoms with Crippen molar-refractivity contribution in [2.24, 2.45) is 11.1 Å². The Kier molecular flexibility index (Phi) is 3.72. The van der Waals surface area contributed by atoms with E-state index < -0.39 is 0 Å². The van der Waals surface area contributed by atoms with E-state index in [9.17, 15) is 4.79 Å². The lowest BCUT2D eigenvalue weighted by Crippen LogP contribution is -2.44. The first-order valence-electron chi connectivity index (χ1n) is 7.64. The summed E-state index contributed by atoms with van der Waals surface area (Å²) in [4.78, 5) is 12.6. The first-order valence-corrected chi connectivity index (χ1v) is 7.64. The maximum atomic E-state index is 12.6. The van der Waals surface area contributed by atoms with Crippen molar-refractivity contribution in [2.45, 2.75) is 38.6 Å². The number of furan rings is 1. The molecule has 3 N–H and O–H groups in total. The van der Waals surface area contributed by atoms with Gasteiger partial charge in [0.05, 0.1) is 11.5 Å². The van der Waals surface area contributed by atoms with Crippen LogP contribution in [0.3, 0.4) is 0 Å². The van der Waals surface area contributed by atoms with Gasteiger partial charge < -0.3 is 15.5 Å². The molecule has 1 aliphatic carbocycles. The number of carbonyl (C=O) groups is 1.